The second-order valence-corrected chi connectivity index (χ2v) is 9.21. The molecule has 1 amide bonds. The molecule has 9 heteroatoms. The molecule has 3 heterocycles. The van der Waals surface area contributed by atoms with E-state index in [0.29, 0.717) is 47.4 Å². The SMILES string of the molecule is CCC(=O)Nc1cc(C(=O)C[C@@H]2CCCN(c3ncc(OCc4ccc(F)cc4)cc3Cl)C2)ccn1. The molecule has 1 aliphatic heterocycles. The van der Waals surface area contributed by atoms with E-state index in [1.165, 1.54) is 18.3 Å². The van der Waals surface area contributed by atoms with Crippen LogP contribution in [0.5, 0.6) is 5.75 Å². The fourth-order valence-electron chi connectivity index (χ4n) is 4.18. The number of ketones is 1. The molecule has 2 aromatic heterocycles. The number of piperidine rings is 1. The van der Waals surface area contributed by atoms with Gasteiger partial charge in [-0.2, -0.15) is 0 Å². The van der Waals surface area contributed by atoms with Gasteiger partial charge in [-0.15, -0.1) is 0 Å². The molecule has 0 bridgehead atoms. The van der Waals surface area contributed by atoms with E-state index in [-0.39, 0.29) is 30.0 Å². The van der Waals surface area contributed by atoms with Crippen LogP contribution in [0.3, 0.4) is 0 Å². The predicted octanol–water partition coefficient (Wildman–Crippen LogP) is 5.69. The number of ether oxygens (including phenoxy) is 1. The number of anilines is 2. The average molecular weight is 511 g/mol. The quantitative estimate of drug-likeness (QED) is 0.372. The summed E-state index contributed by atoms with van der Waals surface area (Å²) in [6.45, 7) is 3.51. The maximum Gasteiger partial charge on any atom is 0.225 e. The van der Waals surface area contributed by atoms with Crippen molar-refractivity contribution < 1.29 is 18.7 Å². The second-order valence-electron chi connectivity index (χ2n) is 8.80. The first-order valence-electron chi connectivity index (χ1n) is 12.0. The zero-order valence-corrected chi connectivity index (χ0v) is 20.8. The van der Waals surface area contributed by atoms with E-state index < -0.39 is 0 Å². The fraction of sp³-hybridized carbons (Fsp3) is 0.333. The largest absolute Gasteiger partial charge is 0.487 e. The first kappa shape index (κ1) is 25.6. The molecule has 1 aromatic carbocycles. The summed E-state index contributed by atoms with van der Waals surface area (Å²) in [7, 11) is 0. The monoisotopic (exact) mass is 510 g/mol. The van der Waals surface area contributed by atoms with Gasteiger partial charge in [0, 0.05) is 43.8 Å². The Kier molecular flexibility index (Phi) is 8.48. The maximum absolute atomic E-state index is 13.1. The Bertz CT molecular complexity index is 1220. The van der Waals surface area contributed by atoms with E-state index in [0.717, 1.165) is 24.9 Å². The van der Waals surface area contributed by atoms with Gasteiger partial charge in [0.15, 0.2) is 5.78 Å². The molecular formula is C27H28ClFN4O3. The van der Waals surface area contributed by atoms with Crippen LogP contribution < -0.4 is 15.0 Å². The Morgan fingerprint density at radius 1 is 1.19 bits per heavy atom. The average Bonchev–Trinajstić information content (AvgIpc) is 2.88. The van der Waals surface area contributed by atoms with Crippen molar-refractivity contribution in [3.05, 3.63) is 76.8 Å². The molecule has 0 radical (unpaired) electrons. The van der Waals surface area contributed by atoms with Crippen LogP contribution in [0.2, 0.25) is 5.02 Å². The number of aromatic nitrogens is 2. The summed E-state index contributed by atoms with van der Waals surface area (Å²) in [6, 6.07) is 11.1. The van der Waals surface area contributed by atoms with Crippen molar-refractivity contribution in [2.45, 2.75) is 39.2 Å². The maximum atomic E-state index is 13.1. The van der Waals surface area contributed by atoms with Gasteiger partial charge < -0.3 is 15.0 Å². The molecule has 1 N–H and O–H groups in total. The summed E-state index contributed by atoms with van der Waals surface area (Å²) < 4.78 is 18.8. The number of amides is 1. The van der Waals surface area contributed by atoms with Crippen LogP contribution >= 0.6 is 11.6 Å². The van der Waals surface area contributed by atoms with E-state index in [2.05, 4.69) is 20.2 Å². The first-order chi connectivity index (χ1) is 17.4. The number of benzene rings is 1. The second kappa shape index (κ2) is 11.9. The highest BCUT2D eigenvalue weighted by Crippen LogP contribution is 2.32. The Labute approximate surface area is 214 Å². The van der Waals surface area contributed by atoms with Gasteiger partial charge in [-0.1, -0.05) is 30.7 Å². The Morgan fingerprint density at radius 2 is 2.00 bits per heavy atom. The summed E-state index contributed by atoms with van der Waals surface area (Å²) >= 11 is 6.54. The molecule has 3 aromatic rings. The summed E-state index contributed by atoms with van der Waals surface area (Å²) in [5.41, 5.74) is 1.38. The topological polar surface area (TPSA) is 84.4 Å². The molecule has 36 heavy (non-hydrogen) atoms. The molecular weight excluding hydrogens is 483 g/mol. The van der Waals surface area contributed by atoms with E-state index in [9.17, 15) is 14.0 Å². The summed E-state index contributed by atoms with van der Waals surface area (Å²) in [5, 5.41) is 3.17. The van der Waals surface area contributed by atoms with Gasteiger partial charge >= 0.3 is 0 Å². The highest BCUT2D eigenvalue weighted by molar-refractivity contribution is 6.33. The number of hydrogen-bond acceptors (Lipinski definition) is 6. The highest BCUT2D eigenvalue weighted by atomic mass is 35.5. The molecule has 0 spiro atoms. The van der Waals surface area contributed by atoms with Gasteiger partial charge in [-0.25, -0.2) is 14.4 Å². The van der Waals surface area contributed by atoms with Crippen molar-refractivity contribution in [1.29, 1.82) is 0 Å². The molecule has 0 aliphatic carbocycles. The molecule has 0 saturated carbocycles. The van der Waals surface area contributed by atoms with Crippen molar-refractivity contribution in [3.63, 3.8) is 0 Å². The van der Waals surface area contributed by atoms with E-state index in [1.807, 2.05) is 0 Å². The van der Waals surface area contributed by atoms with E-state index in [1.54, 1.807) is 43.5 Å². The number of hydrogen-bond donors (Lipinski definition) is 1. The standard InChI is InChI=1S/C27H28ClFN4O3/c1-2-26(35)32-25-13-20(9-10-30-25)24(34)12-19-4-3-11-33(16-19)27-23(28)14-22(15-31-27)36-17-18-5-7-21(29)8-6-18/h5-10,13-15,19H,2-4,11-12,16-17H2,1H3,(H,30,32,35)/t19-/m0/s1. The molecule has 188 valence electrons. The summed E-state index contributed by atoms with van der Waals surface area (Å²) in [6.07, 6.45) is 5.75. The molecule has 1 fully saturated rings. The predicted molar refractivity (Wildman–Crippen MR) is 137 cm³/mol. The van der Waals surface area contributed by atoms with Gasteiger partial charge in [-0.05, 0) is 48.6 Å². The van der Waals surface area contributed by atoms with Gasteiger partial charge in [0.1, 0.15) is 29.8 Å². The molecule has 1 saturated heterocycles. The first-order valence-corrected chi connectivity index (χ1v) is 12.4. The summed E-state index contributed by atoms with van der Waals surface area (Å²) in [4.78, 5) is 35.3. The Balaban J connectivity index is 1.35. The minimum atomic E-state index is -0.291. The minimum absolute atomic E-state index is 0.0137. The van der Waals surface area contributed by atoms with E-state index in [4.69, 9.17) is 16.3 Å². The third-order valence-corrected chi connectivity index (χ3v) is 6.36. The molecule has 4 rings (SSSR count). The number of pyridine rings is 2. The lowest BCUT2D eigenvalue weighted by Crippen LogP contribution is -2.37. The molecule has 7 nitrogen and oxygen atoms in total. The third-order valence-electron chi connectivity index (χ3n) is 6.08. The number of halogens is 2. The lowest BCUT2D eigenvalue weighted by molar-refractivity contribution is -0.115. The fourth-order valence-corrected chi connectivity index (χ4v) is 4.46. The van der Waals surface area contributed by atoms with Crippen LogP contribution in [0.15, 0.2) is 54.9 Å². The zero-order chi connectivity index (χ0) is 25.5. The van der Waals surface area contributed by atoms with Crippen molar-refractivity contribution >= 4 is 34.9 Å². The molecule has 0 unspecified atom stereocenters. The van der Waals surface area contributed by atoms with Crippen molar-refractivity contribution in [3.8, 4) is 5.75 Å². The van der Waals surface area contributed by atoms with Gasteiger partial charge in [-0.3, -0.25) is 9.59 Å². The van der Waals surface area contributed by atoms with E-state index >= 15 is 0 Å². The van der Waals surface area contributed by atoms with Crippen LogP contribution in [0.4, 0.5) is 16.0 Å². The lowest BCUT2D eigenvalue weighted by atomic mass is 9.91. The van der Waals surface area contributed by atoms with Crippen molar-refractivity contribution in [1.82, 2.24) is 9.97 Å². The molecule has 1 aliphatic rings. The van der Waals surface area contributed by atoms with Gasteiger partial charge in [0.2, 0.25) is 5.91 Å². The lowest BCUT2D eigenvalue weighted by Gasteiger charge is -2.34. The zero-order valence-electron chi connectivity index (χ0n) is 20.0. The van der Waals surface area contributed by atoms with Crippen molar-refractivity contribution in [2.24, 2.45) is 5.92 Å². The number of carbonyl (C=O) groups excluding carboxylic acids is 2. The molecule has 1 atom stereocenters. The smallest absolute Gasteiger partial charge is 0.225 e. The third kappa shape index (κ3) is 6.79. The number of Topliss-reactive ketones (excluding diaryl/α,β-unsaturated/α-hetero) is 1. The number of nitrogens with one attached hydrogen (secondary N) is 1. The Hall–Kier alpha value is -3.52. The van der Waals surface area contributed by atoms with Crippen LogP contribution in [0.1, 0.15) is 48.5 Å². The van der Waals surface area contributed by atoms with Crippen molar-refractivity contribution in [2.75, 3.05) is 23.3 Å². The normalized spacial score (nSPS) is 15.4. The van der Waals surface area contributed by atoms with Crippen LogP contribution in [-0.2, 0) is 11.4 Å². The number of carbonyl (C=O) groups is 2. The van der Waals surface area contributed by atoms with Gasteiger partial charge in [0.05, 0.1) is 11.2 Å². The highest BCUT2D eigenvalue weighted by Gasteiger charge is 2.25. The van der Waals surface area contributed by atoms with Crippen LogP contribution in [0, 0.1) is 11.7 Å². The minimum Gasteiger partial charge on any atom is -0.487 e. The summed E-state index contributed by atoms with van der Waals surface area (Å²) in [5.74, 6) is 1.31. The Morgan fingerprint density at radius 3 is 2.75 bits per heavy atom. The van der Waals surface area contributed by atoms with Crippen LogP contribution in [0.25, 0.3) is 0 Å². The van der Waals surface area contributed by atoms with Crippen LogP contribution in [-0.4, -0.2) is 34.7 Å². The number of rotatable bonds is 9. The van der Waals surface area contributed by atoms with Gasteiger partial charge in [0.25, 0.3) is 0 Å². The number of nitrogens with zero attached hydrogens (tertiary/aromatic N) is 3.